The van der Waals surface area contributed by atoms with E-state index in [-0.39, 0.29) is 17.5 Å². The third kappa shape index (κ3) is 5.10. The SMILES string of the molecule is COc1ccc(CN(C(=S)NC2CCCCC2)[C@H]2CCS(=O)(=O)C2)cc1. The van der Waals surface area contributed by atoms with Crippen molar-refractivity contribution in [2.75, 3.05) is 18.6 Å². The second-order valence-electron chi connectivity index (χ2n) is 7.32. The molecule has 1 aliphatic heterocycles. The quantitative estimate of drug-likeness (QED) is 0.773. The maximum absolute atomic E-state index is 12.0. The maximum atomic E-state index is 12.0. The fourth-order valence-electron chi connectivity index (χ4n) is 3.82. The number of nitrogens with one attached hydrogen (secondary N) is 1. The van der Waals surface area contributed by atoms with Gasteiger partial charge in [-0.15, -0.1) is 0 Å². The third-order valence-corrected chi connectivity index (χ3v) is 7.46. The van der Waals surface area contributed by atoms with E-state index in [0.717, 1.165) is 24.2 Å². The van der Waals surface area contributed by atoms with E-state index in [2.05, 4.69) is 10.2 Å². The molecule has 1 saturated heterocycles. The van der Waals surface area contributed by atoms with Crippen molar-refractivity contribution in [1.82, 2.24) is 10.2 Å². The Balaban J connectivity index is 1.73. The van der Waals surface area contributed by atoms with Crippen molar-refractivity contribution in [1.29, 1.82) is 0 Å². The molecule has 1 heterocycles. The Morgan fingerprint density at radius 3 is 2.46 bits per heavy atom. The molecule has 1 atom stereocenters. The summed E-state index contributed by atoms with van der Waals surface area (Å²) < 4.78 is 29.2. The molecule has 0 aromatic heterocycles. The molecule has 0 amide bonds. The number of hydrogen-bond acceptors (Lipinski definition) is 4. The summed E-state index contributed by atoms with van der Waals surface area (Å²) in [6.45, 7) is 0.614. The van der Waals surface area contributed by atoms with Gasteiger partial charge in [0.25, 0.3) is 0 Å². The van der Waals surface area contributed by atoms with Crippen LogP contribution in [0.15, 0.2) is 24.3 Å². The Bertz CT molecular complexity index is 713. The van der Waals surface area contributed by atoms with Crippen molar-refractivity contribution in [3.63, 3.8) is 0 Å². The predicted octanol–water partition coefficient (Wildman–Crippen LogP) is 2.89. The van der Waals surface area contributed by atoms with Gasteiger partial charge in [-0.05, 0) is 49.2 Å². The topological polar surface area (TPSA) is 58.6 Å². The van der Waals surface area contributed by atoms with Crippen LogP contribution in [0.1, 0.15) is 44.1 Å². The molecule has 0 bridgehead atoms. The van der Waals surface area contributed by atoms with E-state index < -0.39 is 9.84 Å². The molecule has 7 heteroatoms. The largest absolute Gasteiger partial charge is 0.497 e. The molecule has 2 aliphatic rings. The van der Waals surface area contributed by atoms with Crippen LogP contribution in [0.4, 0.5) is 0 Å². The van der Waals surface area contributed by atoms with E-state index in [1.165, 1.54) is 19.3 Å². The van der Waals surface area contributed by atoms with Gasteiger partial charge in [0.2, 0.25) is 0 Å². The van der Waals surface area contributed by atoms with Crippen LogP contribution in [0.25, 0.3) is 0 Å². The average Bonchev–Trinajstić information content (AvgIpc) is 3.00. The summed E-state index contributed by atoms with van der Waals surface area (Å²) in [4.78, 5) is 2.08. The summed E-state index contributed by atoms with van der Waals surface area (Å²) in [5, 5.41) is 4.19. The molecule has 1 aromatic carbocycles. The summed E-state index contributed by atoms with van der Waals surface area (Å²) in [7, 11) is -1.31. The summed E-state index contributed by atoms with van der Waals surface area (Å²) in [6, 6.07) is 8.24. The lowest BCUT2D eigenvalue weighted by Crippen LogP contribution is -2.49. The highest BCUT2D eigenvalue weighted by molar-refractivity contribution is 7.91. The normalized spacial score (nSPS) is 22.7. The van der Waals surface area contributed by atoms with Crippen molar-refractivity contribution in [3.8, 4) is 5.75 Å². The van der Waals surface area contributed by atoms with Gasteiger partial charge in [0, 0.05) is 18.6 Å². The number of thiocarbonyl (C=S) groups is 1. The Morgan fingerprint density at radius 1 is 1.19 bits per heavy atom. The van der Waals surface area contributed by atoms with Crippen LogP contribution in [-0.2, 0) is 16.4 Å². The number of hydrogen-bond donors (Lipinski definition) is 1. The smallest absolute Gasteiger partial charge is 0.169 e. The van der Waals surface area contributed by atoms with Crippen molar-refractivity contribution >= 4 is 27.2 Å². The number of methoxy groups -OCH3 is 1. The molecule has 1 aliphatic carbocycles. The minimum absolute atomic E-state index is 0.0503. The van der Waals surface area contributed by atoms with Crippen LogP contribution in [0.5, 0.6) is 5.75 Å². The first-order chi connectivity index (χ1) is 12.5. The van der Waals surface area contributed by atoms with Crippen LogP contribution in [0.3, 0.4) is 0 Å². The van der Waals surface area contributed by atoms with E-state index in [1.54, 1.807) is 7.11 Å². The number of rotatable bonds is 5. The van der Waals surface area contributed by atoms with Crippen molar-refractivity contribution in [3.05, 3.63) is 29.8 Å². The average molecular weight is 397 g/mol. The summed E-state index contributed by atoms with van der Waals surface area (Å²) >= 11 is 5.71. The molecule has 2 fully saturated rings. The van der Waals surface area contributed by atoms with E-state index in [0.29, 0.717) is 24.1 Å². The molecule has 0 spiro atoms. The Morgan fingerprint density at radius 2 is 1.88 bits per heavy atom. The van der Waals surface area contributed by atoms with Crippen LogP contribution in [0, 0.1) is 0 Å². The van der Waals surface area contributed by atoms with Gasteiger partial charge < -0.3 is 15.0 Å². The maximum Gasteiger partial charge on any atom is 0.169 e. The van der Waals surface area contributed by atoms with E-state index in [4.69, 9.17) is 17.0 Å². The van der Waals surface area contributed by atoms with Gasteiger partial charge in [-0.25, -0.2) is 8.42 Å². The highest BCUT2D eigenvalue weighted by atomic mass is 32.2. The minimum Gasteiger partial charge on any atom is -0.497 e. The zero-order chi connectivity index (χ0) is 18.6. The van der Waals surface area contributed by atoms with E-state index >= 15 is 0 Å². The number of nitrogens with zero attached hydrogens (tertiary/aromatic N) is 1. The van der Waals surface area contributed by atoms with Crippen LogP contribution in [-0.4, -0.2) is 49.1 Å². The molecule has 1 N–H and O–H groups in total. The first-order valence-electron chi connectivity index (χ1n) is 9.37. The van der Waals surface area contributed by atoms with Gasteiger partial charge in [0.05, 0.1) is 18.6 Å². The lowest BCUT2D eigenvalue weighted by Gasteiger charge is -2.34. The molecule has 144 valence electrons. The Hall–Kier alpha value is -1.34. The zero-order valence-corrected chi connectivity index (χ0v) is 16.9. The van der Waals surface area contributed by atoms with E-state index in [1.807, 2.05) is 24.3 Å². The fraction of sp³-hybridized carbons (Fsp3) is 0.632. The molecule has 3 rings (SSSR count). The van der Waals surface area contributed by atoms with Crippen LogP contribution < -0.4 is 10.1 Å². The highest BCUT2D eigenvalue weighted by Gasteiger charge is 2.34. The third-order valence-electron chi connectivity index (χ3n) is 5.35. The predicted molar refractivity (Wildman–Crippen MR) is 108 cm³/mol. The van der Waals surface area contributed by atoms with E-state index in [9.17, 15) is 8.42 Å². The molecular formula is C19H28N2O3S2. The summed E-state index contributed by atoms with van der Waals surface area (Å²) in [5.41, 5.74) is 1.10. The number of sulfone groups is 1. The molecule has 1 saturated carbocycles. The molecule has 26 heavy (non-hydrogen) atoms. The first-order valence-corrected chi connectivity index (χ1v) is 11.6. The van der Waals surface area contributed by atoms with Crippen LogP contribution in [0.2, 0.25) is 0 Å². The second-order valence-corrected chi connectivity index (χ2v) is 9.93. The lowest BCUT2D eigenvalue weighted by atomic mass is 9.96. The van der Waals surface area contributed by atoms with Gasteiger partial charge in [0.15, 0.2) is 14.9 Å². The number of ether oxygens (including phenoxy) is 1. The summed E-state index contributed by atoms with van der Waals surface area (Å²) in [5.74, 6) is 1.25. The monoisotopic (exact) mass is 396 g/mol. The fourth-order valence-corrected chi connectivity index (χ4v) is 5.93. The van der Waals surface area contributed by atoms with Gasteiger partial charge >= 0.3 is 0 Å². The van der Waals surface area contributed by atoms with Crippen molar-refractivity contribution in [2.45, 2.75) is 57.2 Å². The molecule has 0 radical (unpaired) electrons. The second kappa shape index (κ2) is 8.57. The minimum atomic E-state index is -2.96. The van der Waals surface area contributed by atoms with Crippen molar-refractivity contribution < 1.29 is 13.2 Å². The lowest BCUT2D eigenvalue weighted by molar-refractivity contribution is 0.309. The Kier molecular flexibility index (Phi) is 6.40. The molecular weight excluding hydrogens is 368 g/mol. The van der Waals surface area contributed by atoms with Crippen molar-refractivity contribution in [2.24, 2.45) is 0 Å². The summed E-state index contributed by atoms with van der Waals surface area (Å²) in [6.07, 6.45) is 6.68. The standard InChI is InChI=1S/C19H28N2O3S2/c1-24-18-9-7-15(8-10-18)13-21(17-11-12-26(22,23)14-17)19(25)20-16-5-3-2-4-6-16/h7-10,16-17H,2-6,11-14H2,1H3,(H,20,25)/t17-/m0/s1. The Labute approximate surface area is 162 Å². The first kappa shape index (κ1) is 19.4. The zero-order valence-electron chi connectivity index (χ0n) is 15.3. The van der Waals surface area contributed by atoms with Gasteiger partial charge in [0.1, 0.15) is 5.75 Å². The number of benzene rings is 1. The molecule has 1 aromatic rings. The molecule has 5 nitrogen and oxygen atoms in total. The molecule has 0 unspecified atom stereocenters. The van der Waals surface area contributed by atoms with Gasteiger partial charge in [-0.2, -0.15) is 0 Å². The highest BCUT2D eigenvalue weighted by Crippen LogP contribution is 2.23. The van der Waals surface area contributed by atoms with Gasteiger partial charge in [-0.1, -0.05) is 31.4 Å². The van der Waals surface area contributed by atoms with Gasteiger partial charge in [-0.3, -0.25) is 0 Å². The van der Waals surface area contributed by atoms with Crippen LogP contribution >= 0.6 is 12.2 Å².